The van der Waals surface area contributed by atoms with Crippen LogP contribution in [-0.2, 0) is 0 Å². The fourth-order valence-corrected chi connectivity index (χ4v) is 2.91. The average Bonchev–Trinajstić information content (AvgIpc) is 2.54. The van der Waals surface area contributed by atoms with Gasteiger partial charge in [0.2, 0.25) is 0 Å². The van der Waals surface area contributed by atoms with Crippen molar-refractivity contribution in [1.82, 2.24) is 10.2 Å². The lowest BCUT2D eigenvalue weighted by molar-refractivity contribution is 0.142. The van der Waals surface area contributed by atoms with Gasteiger partial charge in [-0.2, -0.15) is 5.26 Å². The summed E-state index contributed by atoms with van der Waals surface area (Å²) in [4.78, 5) is 15.4. The van der Waals surface area contributed by atoms with Gasteiger partial charge in [0.15, 0.2) is 0 Å². The number of hydrogen-bond donors (Lipinski definition) is 2. The highest BCUT2D eigenvalue weighted by molar-refractivity contribution is 5.74. The van der Waals surface area contributed by atoms with Crippen LogP contribution in [0.4, 0.5) is 14.9 Å². The van der Waals surface area contributed by atoms with Crippen molar-refractivity contribution < 1.29 is 14.3 Å². The molecule has 1 aromatic carbocycles. The molecule has 2 rings (SSSR count). The largest absolute Gasteiger partial charge is 0.392 e. The van der Waals surface area contributed by atoms with Crippen LogP contribution in [0, 0.1) is 17.1 Å². The molecule has 1 aliphatic rings. The molecule has 0 bridgehead atoms. The number of amides is 2. The van der Waals surface area contributed by atoms with E-state index in [1.165, 1.54) is 11.0 Å². The number of aliphatic hydroxyl groups is 1. The van der Waals surface area contributed by atoms with E-state index >= 15 is 0 Å². The molecule has 1 heterocycles. The Morgan fingerprint density at radius 2 is 2.38 bits per heavy atom. The monoisotopic (exact) mass is 334 g/mol. The summed E-state index contributed by atoms with van der Waals surface area (Å²) < 4.78 is 14.2. The topological polar surface area (TPSA) is 79.6 Å². The summed E-state index contributed by atoms with van der Waals surface area (Å²) in [5, 5.41) is 21.1. The van der Waals surface area contributed by atoms with E-state index in [0.717, 1.165) is 12.8 Å². The number of benzene rings is 1. The minimum absolute atomic E-state index is 0.0854. The summed E-state index contributed by atoms with van der Waals surface area (Å²) in [7, 11) is 1.63. The maximum Gasteiger partial charge on any atom is 0.317 e. The molecule has 1 aliphatic heterocycles. The van der Waals surface area contributed by atoms with E-state index in [4.69, 9.17) is 5.26 Å². The fourth-order valence-electron chi connectivity index (χ4n) is 2.91. The smallest absolute Gasteiger partial charge is 0.317 e. The Hall–Kier alpha value is -2.33. The van der Waals surface area contributed by atoms with Crippen LogP contribution in [0.3, 0.4) is 0 Å². The maximum atomic E-state index is 14.2. The van der Waals surface area contributed by atoms with Crippen LogP contribution in [0.1, 0.15) is 25.3 Å². The van der Waals surface area contributed by atoms with Crippen LogP contribution in [-0.4, -0.2) is 54.9 Å². The van der Waals surface area contributed by atoms with Gasteiger partial charge in [0.25, 0.3) is 0 Å². The summed E-state index contributed by atoms with van der Waals surface area (Å²) >= 11 is 0. The standard InChI is InChI=1S/C17H23FN4O2/c1-12(23)10-21(2)17(24)20-14-4-3-7-22(11-14)16-6-5-13(9-19)8-15(16)18/h5-6,8,12,14,23H,3-4,7,10-11H2,1-2H3,(H,20,24). The third-order valence-electron chi connectivity index (χ3n) is 4.05. The molecule has 0 aliphatic carbocycles. The molecule has 1 fully saturated rings. The van der Waals surface area contributed by atoms with Gasteiger partial charge in [0.05, 0.1) is 23.4 Å². The minimum Gasteiger partial charge on any atom is -0.392 e. The number of urea groups is 1. The van der Waals surface area contributed by atoms with E-state index < -0.39 is 11.9 Å². The molecule has 2 amide bonds. The van der Waals surface area contributed by atoms with Crippen LogP contribution in [0.15, 0.2) is 18.2 Å². The first-order valence-electron chi connectivity index (χ1n) is 8.05. The number of anilines is 1. The molecule has 0 saturated carbocycles. The molecule has 6 nitrogen and oxygen atoms in total. The molecule has 1 aromatic rings. The molecular formula is C17H23FN4O2. The SMILES string of the molecule is CC(O)CN(C)C(=O)NC1CCCN(c2ccc(C#N)cc2F)C1. The molecule has 7 heteroatoms. The van der Waals surface area contributed by atoms with E-state index in [-0.39, 0.29) is 24.2 Å². The molecule has 2 N–H and O–H groups in total. The average molecular weight is 334 g/mol. The number of likely N-dealkylation sites (N-methyl/N-ethyl adjacent to an activating group) is 1. The van der Waals surface area contributed by atoms with Crippen molar-refractivity contribution in [1.29, 1.82) is 5.26 Å². The van der Waals surface area contributed by atoms with Gasteiger partial charge >= 0.3 is 6.03 Å². The predicted molar refractivity (Wildman–Crippen MR) is 89.2 cm³/mol. The molecule has 0 radical (unpaired) electrons. The second-order valence-electron chi connectivity index (χ2n) is 6.24. The van der Waals surface area contributed by atoms with Crippen molar-refractivity contribution in [3.05, 3.63) is 29.6 Å². The van der Waals surface area contributed by atoms with Crippen LogP contribution in [0.25, 0.3) is 0 Å². The second-order valence-corrected chi connectivity index (χ2v) is 6.24. The highest BCUT2D eigenvalue weighted by Crippen LogP contribution is 2.24. The van der Waals surface area contributed by atoms with Crippen molar-refractivity contribution in [2.24, 2.45) is 0 Å². The van der Waals surface area contributed by atoms with E-state index in [0.29, 0.717) is 18.8 Å². The number of nitrogens with zero attached hydrogens (tertiary/aromatic N) is 3. The zero-order chi connectivity index (χ0) is 17.7. The van der Waals surface area contributed by atoms with Crippen molar-refractivity contribution in [2.45, 2.75) is 31.9 Å². The van der Waals surface area contributed by atoms with Gasteiger partial charge in [-0.1, -0.05) is 0 Å². The maximum absolute atomic E-state index is 14.2. The van der Waals surface area contributed by atoms with Gasteiger partial charge in [-0.15, -0.1) is 0 Å². The normalized spacial score (nSPS) is 18.6. The van der Waals surface area contributed by atoms with E-state index in [1.54, 1.807) is 26.1 Å². The lowest BCUT2D eigenvalue weighted by Crippen LogP contribution is -2.51. The molecule has 1 saturated heterocycles. The van der Waals surface area contributed by atoms with Crippen LogP contribution < -0.4 is 10.2 Å². The van der Waals surface area contributed by atoms with Crippen LogP contribution in [0.5, 0.6) is 0 Å². The molecule has 130 valence electrons. The number of aliphatic hydroxyl groups excluding tert-OH is 1. The first-order chi connectivity index (χ1) is 11.4. The quantitative estimate of drug-likeness (QED) is 0.878. The van der Waals surface area contributed by atoms with Crippen molar-refractivity contribution in [3.63, 3.8) is 0 Å². The number of nitrogens with one attached hydrogen (secondary N) is 1. The number of rotatable bonds is 4. The summed E-state index contributed by atoms with van der Waals surface area (Å²) in [6.45, 7) is 3.10. The number of piperidine rings is 1. The Balaban J connectivity index is 1.99. The molecule has 0 spiro atoms. The first kappa shape index (κ1) is 18.0. The van der Waals surface area contributed by atoms with Crippen LogP contribution in [0.2, 0.25) is 0 Å². The third kappa shape index (κ3) is 4.59. The van der Waals surface area contributed by atoms with Gasteiger partial charge in [-0.05, 0) is 38.0 Å². The van der Waals surface area contributed by atoms with Crippen molar-refractivity contribution in [2.75, 3.05) is 31.6 Å². The number of carbonyl (C=O) groups excluding carboxylic acids is 1. The second kappa shape index (κ2) is 7.97. The van der Waals surface area contributed by atoms with E-state index in [1.807, 2.05) is 11.0 Å². The van der Waals surface area contributed by atoms with Crippen LogP contribution >= 0.6 is 0 Å². The van der Waals surface area contributed by atoms with Gasteiger partial charge in [0.1, 0.15) is 5.82 Å². The molecule has 24 heavy (non-hydrogen) atoms. The lowest BCUT2D eigenvalue weighted by Gasteiger charge is -2.35. The zero-order valence-electron chi connectivity index (χ0n) is 14.0. The Morgan fingerprint density at radius 3 is 3.00 bits per heavy atom. The number of carbonyl (C=O) groups is 1. The molecule has 0 aromatic heterocycles. The van der Waals surface area contributed by atoms with E-state index in [2.05, 4.69) is 5.32 Å². The Morgan fingerprint density at radius 1 is 1.62 bits per heavy atom. The summed E-state index contributed by atoms with van der Waals surface area (Å²) in [6.07, 6.45) is 1.07. The zero-order valence-corrected chi connectivity index (χ0v) is 14.0. The van der Waals surface area contributed by atoms with E-state index in [9.17, 15) is 14.3 Å². The number of hydrogen-bond acceptors (Lipinski definition) is 4. The highest BCUT2D eigenvalue weighted by atomic mass is 19.1. The Labute approximate surface area is 141 Å². The van der Waals surface area contributed by atoms with Gasteiger partial charge in [-0.3, -0.25) is 0 Å². The third-order valence-corrected chi connectivity index (χ3v) is 4.05. The lowest BCUT2D eigenvalue weighted by atomic mass is 10.0. The summed E-state index contributed by atoms with van der Waals surface area (Å²) in [5.41, 5.74) is 0.739. The highest BCUT2D eigenvalue weighted by Gasteiger charge is 2.24. The van der Waals surface area contributed by atoms with Gasteiger partial charge < -0.3 is 20.2 Å². The van der Waals surface area contributed by atoms with Gasteiger partial charge in [0, 0.05) is 32.7 Å². The summed E-state index contributed by atoms with van der Waals surface area (Å²) in [6, 6.07) is 6.02. The van der Waals surface area contributed by atoms with Crippen molar-refractivity contribution in [3.8, 4) is 6.07 Å². The number of halogens is 1. The van der Waals surface area contributed by atoms with Crippen molar-refractivity contribution >= 4 is 11.7 Å². The first-order valence-corrected chi connectivity index (χ1v) is 8.05. The van der Waals surface area contributed by atoms with Gasteiger partial charge in [-0.25, -0.2) is 9.18 Å². The molecule has 2 unspecified atom stereocenters. The number of nitriles is 1. The fraction of sp³-hybridized carbons (Fsp3) is 0.529. The Bertz CT molecular complexity index is 630. The minimum atomic E-state index is -0.587. The molecular weight excluding hydrogens is 311 g/mol. The molecule has 2 atom stereocenters. The summed E-state index contributed by atoms with van der Waals surface area (Å²) in [5.74, 6) is -0.424. The predicted octanol–water partition coefficient (Wildman–Crippen LogP) is 1.69. The Kier molecular flexibility index (Phi) is 5.99.